The highest BCUT2D eigenvalue weighted by molar-refractivity contribution is 6.20. The molecule has 2 rings (SSSR count). The third kappa shape index (κ3) is 2.10. The molecule has 0 bridgehead atoms. The Hall–Kier alpha value is -0.570. The van der Waals surface area contributed by atoms with Crippen molar-refractivity contribution in [3.63, 3.8) is 0 Å². The molecule has 1 aliphatic carbocycles. The molecule has 1 aliphatic rings. The molecule has 1 aromatic rings. The van der Waals surface area contributed by atoms with E-state index in [1.165, 1.54) is 12.8 Å². The molecule has 0 amide bonds. The highest BCUT2D eigenvalue weighted by Gasteiger charge is 2.39. The van der Waals surface area contributed by atoms with E-state index in [9.17, 15) is 0 Å². The molecule has 0 saturated heterocycles. The van der Waals surface area contributed by atoms with Crippen LogP contribution in [0, 0.1) is 5.41 Å². The van der Waals surface area contributed by atoms with Crippen LogP contribution in [0.25, 0.3) is 0 Å². The Morgan fingerprint density at radius 1 is 1.56 bits per heavy atom. The summed E-state index contributed by atoms with van der Waals surface area (Å²) in [7, 11) is 0. The Bertz CT molecular complexity index is 362. The molecule has 0 spiro atoms. The zero-order valence-corrected chi connectivity index (χ0v) is 10.9. The standard InChI is InChI=1S/C12H19ClN2O/c1-4-9(13)10-14-11(16-15-10)8-6-5-7-12(8,2)3/h8-9H,4-7H2,1-3H3. The van der Waals surface area contributed by atoms with Gasteiger partial charge in [0.2, 0.25) is 5.89 Å². The minimum absolute atomic E-state index is 0.123. The van der Waals surface area contributed by atoms with Crippen molar-refractivity contribution in [1.29, 1.82) is 0 Å². The molecule has 1 aromatic heterocycles. The maximum absolute atomic E-state index is 6.10. The first-order valence-electron chi connectivity index (χ1n) is 6.02. The summed E-state index contributed by atoms with van der Waals surface area (Å²) < 4.78 is 5.36. The fraction of sp³-hybridized carbons (Fsp3) is 0.833. The molecule has 4 heteroatoms. The summed E-state index contributed by atoms with van der Waals surface area (Å²) >= 11 is 6.10. The summed E-state index contributed by atoms with van der Waals surface area (Å²) in [6.45, 7) is 6.56. The average Bonchev–Trinajstić information content (AvgIpc) is 2.82. The molecule has 16 heavy (non-hydrogen) atoms. The van der Waals surface area contributed by atoms with Crippen molar-refractivity contribution in [2.45, 2.75) is 57.7 Å². The van der Waals surface area contributed by atoms with E-state index in [1.54, 1.807) is 0 Å². The molecule has 0 N–H and O–H groups in total. The largest absolute Gasteiger partial charge is 0.339 e. The van der Waals surface area contributed by atoms with Crippen LogP contribution in [0.1, 0.15) is 69.5 Å². The molecule has 1 saturated carbocycles. The van der Waals surface area contributed by atoms with Gasteiger partial charge >= 0.3 is 0 Å². The smallest absolute Gasteiger partial charge is 0.230 e. The topological polar surface area (TPSA) is 38.9 Å². The highest BCUT2D eigenvalue weighted by Crippen LogP contribution is 2.48. The maximum atomic E-state index is 6.10. The van der Waals surface area contributed by atoms with Gasteiger partial charge in [-0.2, -0.15) is 4.98 Å². The van der Waals surface area contributed by atoms with Crippen molar-refractivity contribution in [1.82, 2.24) is 10.1 Å². The lowest BCUT2D eigenvalue weighted by atomic mass is 9.82. The molecule has 90 valence electrons. The normalized spacial score (nSPS) is 25.9. The highest BCUT2D eigenvalue weighted by atomic mass is 35.5. The number of rotatable bonds is 3. The van der Waals surface area contributed by atoms with Crippen molar-refractivity contribution >= 4 is 11.6 Å². The Morgan fingerprint density at radius 3 is 2.88 bits per heavy atom. The van der Waals surface area contributed by atoms with Gasteiger partial charge in [0.25, 0.3) is 0 Å². The van der Waals surface area contributed by atoms with Crippen molar-refractivity contribution < 1.29 is 4.52 Å². The fourth-order valence-electron chi connectivity index (χ4n) is 2.48. The second-order valence-corrected chi connectivity index (χ2v) is 5.83. The SMILES string of the molecule is CCC(Cl)c1noc(C2CCCC2(C)C)n1. The Kier molecular flexibility index (Phi) is 3.24. The van der Waals surface area contributed by atoms with Gasteiger partial charge in [-0.3, -0.25) is 0 Å². The van der Waals surface area contributed by atoms with Crippen LogP contribution in [0.3, 0.4) is 0 Å². The van der Waals surface area contributed by atoms with E-state index in [-0.39, 0.29) is 10.8 Å². The van der Waals surface area contributed by atoms with Gasteiger partial charge in [0, 0.05) is 5.92 Å². The van der Waals surface area contributed by atoms with Gasteiger partial charge in [0.1, 0.15) is 0 Å². The van der Waals surface area contributed by atoms with Crippen molar-refractivity contribution in [3.05, 3.63) is 11.7 Å². The van der Waals surface area contributed by atoms with E-state index in [4.69, 9.17) is 16.1 Å². The van der Waals surface area contributed by atoms with Crippen LogP contribution in [0.2, 0.25) is 0 Å². The molecule has 3 nitrogen and oxygen atoms in total. The van der Waals surface area contributed by atoms with E-state index in [1.807, 2.05) is 6.92 Å². The van der Waals surface area contributed by atoms with Crippen LogP contribution in [0.5, 0.6) is 0 Å². The lowest BCUT2D eigenvalue weighted by molar-refractivity contribution is 0.260. The average molecular weight is 243 g/mol. The number of hydrogen-bond donors (Lipinski definition) is 0. The summed E-state index contributed by atoms with van der Waals surface area (Å²) in [6.07, 6.45) is 4.45. The number of halogens is 1. The molecule has 2 atom stereocenters. The Labute approximate surface area is 102 Å². The monoisotopic (exact) mass is 242 g/mol. The van der Waals surface area contributed by atoms with Crippen molar-refractivity contribution in [2.75, 3.05) is 0 Å². The van der Waals surface area contributed by atoms with Crippen LogP contribution in [0.15, 0.2) is 4.52 Å². The quantitative estimate of drug-likeness (QED) is 0.751. The van der Waals surface area contributed by atoms with Gasteiger partial charge in [-0.15, -0.1) is 11.6 Å². The van der Waals surface area contributed by atoms with E-state index >= 15 is 0 Å². The number of alkyl halides is 1. The van der Waals surface area contributed by atoms with E-state index < -0.39 is 0 Å². The van der Waals surface area contributed by atoms with Crippen LogP contribution >= 0.6 is 11.6 Å². The minimum Gasteiger partial charge on any atom is -0.339 e. The first-order chi connectivity index (χ1) is 7.54. The first-order valence-corrected chi connectivity index (χ1v) is 6.46. The molecule has 1 fully saturated rings. The predicted molar refractivity (Wildman–Crippen MR) is 63.6 cm³/mol. The molecule has 2 unspecified atom stereocenters. The second kappa shape index (κ2) is 4.36. The molecule has 0 radical (unpaired) electrons. The van der Waals surface area contributed by atoms with Gasteiger partial charge in [-0.05, 0) is 24.7 Å². The summed E-state index contributed by atoms with van der Waals surface area (Å²) in [4.78, 5) is 4.45. The molecule has 1 heterocycles. The third-order valence-electron chi connectivity index (χ3n) is 3.65. The predicted octanol–water partition coefficient (Wildman–Crippen LogP) is 4.05. The zero-order chi connectivity index (χ0) is 11.8. The van der Waals surface area contributed by atoms with Gasteiger partial charge in [0.05, 0.1) is 5.38 Å². The Morgan fingerprint density at radius 2 is 2.31 bits per heavy atom. The van der Waals surface area contributed by atoms with E-state index in [0.29, 0.717) is 11.7 Å². The van der Waals surface area contributed by atoms with Crippen molar-refractivity contribution in [3.8, 4) is 0 Å². The Balaban J connectivity index is 2.19. The maximum Gasteiger partial charge on any atom is 0.230 e. The zero-order valence-electron chi connectivity index (χ0n) is 10.2. The number of nitrogens with zero attached hydrogens (tertiary/aromatic N) is 2. The third-order valence-corrected chi connectivity index (χ3v) is 4.16. The first kappa shape index (κ1) is 11.9. The number of aromatic nitrogens is 2. The van der Waals surface area contributed by atoms with Gasteiger partial charge in [-0.1, -0.05) is 32.3 Å². The minimum atomic E-state index is -0.123. The molecular formula is C12H19ClN2O. The van der Waals surface area contributed by atoms with Gasteiger partial charge in [-0.25, -0.2) is 0 Å². The van der Waals surface area contributed by atoms with Crippen LogP contribution in [-0.4, -0.2) is 10.1 Å². The van der Waals surface area contributed by atoms with E-state index in [0.717, 1.165) is 18.7 Å². The fourth-order valence-corrected chi connectivity index (χ4v) is 2.57. The summed E-state index contributed by atoms with van der Waals surface area (Å²) in [5, 5.41) is 3.86. The summed E-state index contributed by atoms with van der Waals surface area (Å²) in [6, 6.07) is 0. The molecular weight excluding hydrogens is 224 g/mol. The summed E-state index contributed by atoms with van der Waals surface area (Å²) in [5.41, 5.74) is 0.276. The van der Waals surface area contributed by atoms with Crippen molar-refractivity contribution in [2.24, 2.45) is 5.41 Å². The molecule has 0 aromatic carbocycles. The molecule has 0 aliphatic heterocycles. The van der Waals surface area contributed by atoms with E-state index in [2.05, 4.69) is 24.0 Å². The van der Waals surface area contributed by atoms with Crippen LogP contribution < -0.4 is 0 Å². The van der Waals surface area contributed by atoms with Gasteiger partial charge in [0.15, 0.2) is 5.82 Å². The van der Waals surface area contributed by atoms with Crippen LogP contribution in [-0.2, 0) is 0 Å². The second-order valence-electron chi connectivity index (χ2n) is 5.30. The van der Waals surface area contributed by atoms with Crippen LogP contribution in [0.4, 0.5) is 0 Å². The number of hydrogen-bond acceptors (Lipinski definition) is 3. The lowest BCUT2D eigenvalue weighted by Crippen LogP contribution is -2.15. The summed E-state index contributed by atoms with van der Waals surface area (Å²) in [5.74, 6) is 1.81. The van der Waals surface area contributed by atoms with Gasteiger partial charge < -0.3 is 4.52 Å². The lowest BCUT2D eigenvalue weighted by Gasteiger charge is -2.23.